The molecule has 0 radical (unpaired) electrons. The van der Waals surface area contributed by atoms with E-state index in [1.165, 1.54) is 0 Å². The van der Waals surface area contributed by atoms with Crippen LogP contribution in [0.25, 0.3) is 22.2 Å². The maximum absolute atomic E-state index is 13.1. The molecule has 0 fully saturated rings. The third-order valence-corrected chi connectivity index (χ3v) is 7.52. The van der Waals surface area contributed by atoms with E-state index in [1.807, 2.05) is 49.9 Å². The van der Waals surface area contributed by atoms with Crippen molar-refractivity contribution in [2.24, 2.45) is 0 Å². The fourth-order valence-electron chi connectivity index (χ4n) is 5.41. The van der Waals surface area contributed by atoms with E-state index in [9.17, 15) is 14.7 Å². The third-order valence-electron chi connectivity index (χ3n) is 7.52. The molecule has 1 N–H and O–H groups in total. The number of carboxylic acids is 1. The second kappa shape index (κ2) is 9.51. The summed E-state index contributed by atoms with van der Waals surface area (Å²) in [5.41, 5.74) is 6.41. The number of aromatic carboxylic acids is 1. The first-order valence-corrected chi connectivity index (χ1v) is 13.0. The smallest absolute Gasteiger partial charge is 0.336 e. The van der Waals surface area contributed by atoms with Gasteiger partial charge in [-0.05, 0) is 67.6 Å². The van der Waals surface area contributed by atoms with E-state index >= 15 is 0 Å². The van der Waals surface area contributed by atoms with Gasteiger partial charge in [-0.15, -0.1) is 0 Å². The number of carbonyl (C=O) groups excluding carboxylic acids is 1. The van der Waals surface area contributed by atoms with Crippen LogP contribution in [0.15, 0.2) is 60.7 Å². The van der Waals surface area contributed by atoms with Crippen LogP contribution in [0.1, 0.15) is 67.8 Å². The molecule has 190 valence electrons. The minimum absolute atomic E-state index is 0.132. The van der Waals surface area contributed by atoms with E-state index in [4.69, 9.17) is 4.98 Å². The van der Waals surface area contributed by atoms with Gasteiger partial charge in [0.25, 0.3) is 0 Å². The van der Waals surface area contributed by atoms with Crippen molar-refractivity contribution in [3.05, 3.63) is 83.2 Å². The van der Waals surface area contributed by atoms with Crippen molar-refractivity contribution in [2.45, 2.75) is 58.9 Å². The van der Waals surface area contributed by atoms with E-state index in [2.05, 4.69) is 35.8 Å². The molecule has 3 aromatic carbocycles. The summed E-state index contributed by atoms with van der Waals surface area (Å²) in [5, 5.41) is 9.57. The Kier molecular flexibility index (Phi) is 6.36. The average Bonchev–Trinajstić information content (AvgIpc) is 3.32. The molecule has 0 unspecified atom stereocenters. The molecular formula is C31H33N3O3. The number of likely N-dealkylation sites (N-methyl/N-ethyl adjacent to an activating group) is 1. The van der Waals surface area contributed by atoms with Crippen LogP contribution in [-0.4, -0.2) is 33.1 Å². The Morgan fingerprint density at radius 2 is 1.76 bits per heavy atom. The SMILES string of the molecule is CCCCc1nc2cc3c(cc2n1Cc1ccc(-c2ccccc2C(=O)O)cc1)C(C)(C)C(=O)N3CC. The van der Waals surface area contributed by atoms with Gasteiger partial charge in [-0.1, -0.05) is 55.8 Å². The van der Waals surface area contributed by atoms with Gasteiger partial charge >= 0.3 is 5.97 Å². The number of hydrogen-bond acceptors (Lipinski definition) is 3. The number of carboxylic acid groups (broad SMARTS) is 1. The molecule has 0 saturated carbocycles. The molecule has 37 heavy (non-hydrogen) atoms. The number of unbranched alkanes of at least 4 members (excludes halogenated alkanes) is 1. The van der Waals surface area contributed by atoms with Crippen LogP contribution in [0.3, 0.4) is 0 Å². The fourth-order valence-corrected chi connectivity index (χ4v) is 5.41. The highest BCUT2D eigenvalue weighted by Crippen LogP contribution is 2.43. The first-order chi connectivity index (χ1) is 17.8. The first-order valence-electron chi connectivity index (χ1n) is 13.0. The van der Waals surface area contributed by atoms with Crippen LogP contribution >= 0.6 is 0 Å². The molecule has 1 aromatic heterocycles. The van der Waals surface area contributed by atoms with Crippen LogP contribution in [-0.2, 0) is 23.2 Å². The van der Waals surface area contributed by atoms with E-state index in [-0.39, 0.29) is 5.91 Å². The fraction of sp³-hybridized carbons (Fsp3) is 0.323. The monoisotopic (exact) mass is 495 g/mol. The Bertz CT molecular complexity index is 1500. The zero-order valence-corrected chi connectivity index (χ0v) is 21.9. The molecule has 5 rings (SSSR count). The summed E-state index contributed by atoms with van der Waals surface area (Å²) in [6, 6.07) is 19.4. The van der Waals surface area contributed by atoms with Crippen molar-refractivity contribution in [2.75, 3.05) is 11.4 Å². The molecule has 0 bridgehead atoms. The molecule has 0 aliphatic carbocycles. The topological polar surface area (TPSA) is 75.4 Å². The maximum atomic E-state index is 13.1. The normalized spacial score (nSPS) is 14.4. The molecular weight excluding hydrogens is 462 g/mol. The Morgan fingerprint density at radius 1 is 1.03 bits per heavy atom. The maximum Gasteiger partial charge on any atom is 0.336 e. The molecule has 1 amide bonds. The summed E-state index contributed by atoms with van der Waals surface area (Å²) in [5.74, 6) is 0.251. The van der Waals surface area contributed by atoms with Crippen molar-refractivity contribution in [3.63, 3.8) is 0 Å². The molecule has 0 atom stereocenters. The molecule has 4 aromatic rings. The van der Waals surface area contributed by atoms with Gasteiger partial charge in [-0.2, -0.15) is 0 Å². The summed E-state index contributed by atoms with van der Waals surface area (Å²) >= 11 is 0. The van der Waals surface area contributed by atoms with Gasteiger partial charge in [-0.25, -0.2) is 9.78 Å². The van der Waals surface area contributed by atoms with Crippen molar-refractivity contribution < 1.29 is 14.7 Å². The largest absolute Gasteiger partial charge is 0.478 e. The highest BCUT2D eigenvalue weighted by atomic mass is 16.4. The second-order valence-corrected chi connectivity index (χ2v) is 10.3. The predicted octanol–water partition coefficient (Wildman–Crippen LogP) is 6.44. The number of aryl methyl sites for hydroxylation is 1. The Morgan fingerprint density at radius 3 is 2.43 bits per heavy atom. The first kappa shape index (κ1) is 24.8. The van der Waals surface area contributed by atoms with Crippen LogP contribution in [0, 0.1) is 0 Å². The van der Waals surface area contributed by atoms with Gasteiger partial charge < -0.3 is 14.6 Å². The lowest BCUT2D eigenvalue weighted by Gasteiger charge is -2.18. The summed E-state index contributed by atoms with van der Waals surface area (Å²) < 4.78 is 2.28. The van der Waals surface area contributed by atoms with Gasteiger partial charge in [0.05, 0.1) is 27.7 Å². The average molecular weight is 496 g/mol. The Hall–Kier alpha value is -3.93. The van der Waals surface area contributed by atoms with E-state index in [1.54, 1.807) is 12.1 Å². The Labute approximate surface area is 217 Å². The number of anilines is 1. The molecule has 0 spiro atoms. The number of aromatic nitrogens is 2. The van der Waals surface area contributed by atoms with Crippen molar-refractivity contribution in [3.8, 4) is 11.1 Å². The molecule has 1 aliphatic heterocycles. The molecule has 2 heterocycles. The number of amides is 1. The van der Waals surface area contributed by atoms with Crippen molar-refractivity contribution >= 4 is 28.6 Å². The van der Waals surface area contributed by atoms with E-state index in [0.717, 1.165) is 58.5 Å². The third kappa shape index (κ3) is 4.20. The van der Waals surface area contributed by atoms with E-state index < -0.39 is 11.4 Å². The summed E-state index contributed by atoms with van der Waals surface area (Å²) in [4.78, 5) is 31.6. The lowest BCUT2D eigenvalue weighted by molar-refractivity contribution is -0.122. The molecule has 6 nitrogen and oxygen atoms in total. The zero-order chi connectivity index (χ0) is 26.3. The van der Waals surface area contributed by atoms with Crippen LogP contribution in [0.2, 0.25) is 0 Å². The van der Waals surface area contributed by atoms with Gasteiger partial charge in [0, 0.05) is 19.5 Å². The predicted molar refractivity (Wildman–Crippen MR) is 147 cm³/mol. The lowest BCUT2D eigenvalue weighted by Crippen LogP contribution is -2.35. The number of carbonyl (C=O) groups is 2. The summed E-state index contributed by atoms with van der Waals surface area (Å²) in [6.45, 7) is 9.49. The van der Waals surface area contributed by atoms with E-state index in [0.29, 0.717) is 24.2 Å². The van der Waals surface area contributed by atoms with Gasteiger partial charge in [-0.3, -0.25) is 4.79 Å². The van der Waals surface area contributed by atoms with Crippen molar-refractivity contribution in [1.29, 1.82) is 0 Å². The van der Waals surface area contributed by atoms with Crippen LogP contribution in [0.4, 0.5) is 5.69 Å². The van der Waals surface area contributed by atoms with Gasteiger partial charge in [0.15, 0.2) is 0 Å². The highest BCUT2D eigenvalue weighted by molar-refractivity contribution is 6.09. The Balaban J connectivity index is 1.56. The summed E-state index contributed by atoms with van der Waals surface area (Å²) in [7, 11) is 0. The number of hydrogen-bond donors (Lipinski definition) is 1. The minimum Gasteiger partial charge on any atom is -0.478 e. The number of rotatable bonds is 8. The standard InChI is InChI=1S/C31H33N3O3/c1-5-7-12-28-32-25-18-26-24(31(3,4)30(37)33(26)6-2)17-27(25)34(28)19-20-13-15-21(16-14-20)22-10-8-9-11-23(22)29(35)36/h8-11,13-18H,5-7,12,19H2,1-4H3,(H,35,36). The highest BCUT2D eigenvalue weighted by Gasteiger charge is 2.43. The lowest BCUT2D eigenvalue weighted by atomic mass is 9.86. The molecule has 0 saturated heterocycles. The van der Waals surface area contributed by atoms with Crippen molar-refractivity contribution in [1.82, 2.24) is 9.55 Å². The number of imidazole rings is 1. The minimum atomic E-state index is -0.930. The summed E-state index contributed by atoms with van der Waals surface area (Å²) in [6.07, 6.45) is 3.03. The molecule has 1 aliphatic rings. The quantitative estimate of drug-likeness (QED) is 0.305. The zero-order valence-electron chi connectivity index (χ0n) is 21.9. The second-order valence-electron chi connectivity index (χ2n) is 10.3. The molecule has 6 heteroatoms. The van der Waals surface area contributed by atoms with Crippen LogP contribution < -0.4 is 4.90 Å². The van der Waals surface area contributed by atoms with Gasteiger partial charge in [0.1, 0.15) is 5.82 Å². The van der Waals surface area contributed by atoms with Crippen LogP contribution in [0.5, 0.6) is 0 Å². The van der Waals surface area contributed by atoms with Gasteiger partial charge in [0.2, 0.25) is 5.91 Å². The number of benzene rings is 3. The number of fused-ring (bicyclic) bond motifs is 2. The number of nitrogens with zero attached hydrogens (tertiary/aromatic N) is 3.